The molecule has 0 amide bonds. The van der Waals surface area contributed by atoms with Gasteiger partial charge in [0.2, 0.25) is 0 Å². The van der Waals surface area contributed by atoms with Crippen LogP contribution in [-0.4, -0.2) is 15.9 Å². The zero-order valence-corrected chi connectivity index (χ0v) is 17.9. The van der Waals surface area contributed by atoms with Crippen LogP contribution in [0, 0.1) is 5.92 Å². The van der Waals surface area contributed by atoms with Crippen LogP contribution in [0.5, 0.6) is 5.75 Å². The van der Waals surface area contributed by atoms with Crippen LogP contribution in [-0.2, 0) is 4.79 Å². The van der Waals surface area contributed by atoms with E-state index in [9.17, 15) is 4.79 Å². The van der Waals surface area contributed by atoms with Crippen molar-refractivity contribution in [3.05, 3.63) is 42.2 Å². The second-order valence-electron chi connectivity index (χ2n) is 8.30. The van der Waals surface area contributed by atoms with Gasteiger partial charge in [0.1, 0.15) is 0 Å². The van der Waals surface area contributed by atoms with Crippen LogP contribution >= 0.6 is 0 Å². The van der Waals surface area contributed by atoms with E-state index in [1.807, 2.05) is 6.92 Å². The topological polar surface area (TPSA) is 52.1 Å². The number of benzene rings is 1. The van der Waals surface area contributed by atoms with Crippen molar-refractivity contribution in [2.24, 2.45) is 5.92 Å². The Morgan fingerprint density at radius 1 is 0.966 bits per heavy atom. The van der Waals surface area contributed by atoms with Crippen LogP contribution in [0.2, 0.25) is 0 Å². The number of nitrogens with zero attached hydrogens (tertiary/aromatic N) is 2. The largest absolute Gasteiger partial charge is 0.423 e. The molecule has 1 fully saturated rings. The van der Waals surface area contributed by atoms with E-state index in [1.54, 1.807) is 12.4 Å². The van der Waals surface area contributed by atoms with E-state index in [1.165, 1.54) is 56.9 Å². The average Bonchev–Trinajstić information content (AvgIpc) is 2.75. The number of unbranched alkanes of at least 4 members (excludes halogenated alkanes) is 2. The Morgan fingerprint density at radius 2 is 1.66 bits per heavy atom. The van der Waals surface area contributed by atoms with Crippen LogP contribution in [0.1, 0.15) is 89.5 Å². The molecule has 156 valence electrons. The molecular formula is C25H34N2O2. The van der Waals surface area contributed by atoms with E-state index in [4.69, 9.17) is 4.74 Å². The molecular weight excluding hydrogens is 360 g/mol. The minimum absolute atomic E-state index is 0.242. The lowest BCUT2D eigenvalue weighted by atomic mass is 9.77. The molecule has 0 atom stereocenters. The predicted molar refractivity (Wildman–Crippen MR) is 117 cm³/mol. The van der Waals surface area contributed by atoms with E-state index in [0.29, 0.717) is 23.9 Å². The Bertz CT molecular complexity index is 747. The molecule has 1 aliphatic rings. The summed E-state index contributed by atoms with van der Waals surface area (Å²) in [5, 5.41) is 0. The van der Waals surface area contributed by atoms with E-state index in [0.717, 1.165) is 17.9 Å². The summed E-state index contributed by atoms with van der Waals surface area (Å²) in [6, 6.07) is 8.69. The minimum atomic E-state index is -0.242. The highest BCUT2D eigenvalue weighted by Gasteiger charge is 2.22. The molecule has 1 heterocycles. The summed E-state index contributed by atoms with van der Waals surface area (Å²) < 4.78 is 5.22. The molecule has 29 heavy (non-hydrogen) atoms. The Morgan fingerprint density at radius 3 is 2.28 bits per heavy atom. The third-order valence-corrected chi connectivity index (χ3v) is 6.02. The minimum Gasteiger partial charge on any atom is -0.423 e. The summed E-state index contributed by atoms with van der Waals surface area (Å²) in [6.07, 6.45) is 15.2. The number of rotatable bonds is 9. The second-order valence-corrected chi connectivity index (χ2v) is 8.30. The predicted octanol–water partition coefficient (Wildman–Crippen LogP) is 6.70. The van der Waals surface area contributed by atoms with Gasteiger partial charge in [-0.25, -0.2) is 9.97 Å². The van der Waals surface area contributed by atoms with Crippen LogP contribution in [0.4, 0.5) is 0 Å². The maximum Gasteiger partial charge on any atom is 0.311 e. The first kappa shape index (κ1) is 21.5. The van der Waals surface area contributed by atoms with Gasteiger partial charge in [0.15, 0.2) is 11.6 Å². The van der Waals surface area contributed by atoms with Crippen LogP contribution < -0.4 is 4.74 Å². The van der Waals surface area contributed by atoms with Gasteiger partial charge in [0.05, 0.1) is 12.4 Å². The van der Waals surface area contributed by atoms with Gasteiger partial charge in [-0.3, -0.25) is 4.79 Å². The molecule has 4 heteroatoms. The average molecular weight is 395 g/mol. The number of esters is 1. The van der Waals surface area contributed by atoms with Crippen molar-refractivity contribution in [1.29, 1.82) is 0 Å². The maximum absolute atomic E-state index is 11.6. The molecule has 0 saturated heterocycles. The Labute approximate surface area is 175 Å². The summed E-state index contributed by atoms with van der Waals surface area (Å²) in [5.41, 5.74) is 2.43. The number of carbonyl (C=O) groups is 1. The van der Waals surface area contributed by atoms with Gasteiger partial charge < -0.3 is 4.74 Å². The van der Waals surface area contributed by atoms with Gasteiger partial charge in [0, 0.05) is 12.0 Å². The Kier molecular flexibility index (Phi) is 8.21. The van der Waals surface area contributed by atoms with Crippen molar-refractivity contribution >= 4 is 5.97 Å². The number of hydrogen-bond donors (Lipinski definition) is 0. The fraction of sp³-hybridized carbons (Fsp3) is 0.560. The quantitative estimate of drug-likeness (QED) is 0.350. The molecule has 0 radical (unpaired) electrons. The van der Waals surface area contributed by atoms with Crippen molar-refractivity contribution in [1.82, 2.24) is 9.97 Å². The second kappa shape index (κ2) is 11.1. The molecule has 0 bridgehead atoms. The lowest BCUT2D eigenvalue weighted by Gasteiger charge is -2.29. The Balaban J connectivity index is 1.53. The molecule has 1 aromatic heterocycles. The van der Waals surface area contributed by atoms with Gasteiger partial charge >= 0.3 is 5.97 Å². The SMILES string of the molecule is CCCCC[C@H]1CC[C@H](c2ccc(-c3ncc(OC(=O)CCC)cn3)cc2)CC1. The molecule has 1 saturated carbocycles. The number of carbonyl (C=O) groups excluding carboxylic acids is 1. The van der Waals surface area contributed by atoms with Crippen molar-refractivity contribution in [3.63, 3.8) is 0 Å². The van der Waals surface area contributed by atoms with Gasteiger partial charge in [-0.15, -0.1) is 0 Å². The van der Waals surface area contributed by atoms with Gasteiger partial charge in [-0.2, -0.15) is 0 Å². The zero-order valence-electron chi connectivity index (χ0n) is 17.9. The summed E-state index contributed by atoms with van der Waals surface area (Å²) in [4.78, 5) is 20.3. The number of hydrogen-bond acceptors (Lipinski definition) is 4. The lowest BCUT2D eigenvalue weighted by Crippen LogP contribution is -2.13. The van der Waals surface area contributed by atoms with Crippen molar-refractivity contribution < 1.29 is 9.53 Å². The highest BCUT2D eigenvalue weighted by molar-refractivity contribution is 5.72. The number of aromatic nitrogens is 2. The first-order valence-electron chi connectivity index (χ1n) is 11.3. The zero-order chi connectivity index (χ0) is 20.5. The van der Waals surface area contributed by atoms with Gasteiger partial charge in [-0.1, -0.05) is 63.8 Å². The molecule has 0 unspecified atom stereocenters. The first-order valence-corrected chi connectivity index (χ1v) is 11.3. The van der Waals surface area contributed by atoms with E-state index < -0.39 is 0 Å². The molecule has 0 aliphatic heterocycles. The lowest BCUT2D eigenvalue weighted by molar-refractivity contribution is -0.134. The molecule has 0 spiro atoms. The van der Waals surface area contributed by atoms with Crippen molar-refractivity contribution in [2.45, 2.75) is 84.0 Å². The normalized spacial score (nSPS) is 19.1. The highest BCUT2D eigenvalue weighted by Crippen LogP contribution is 2.38. The van der Waals surface area contributed by atoms with Crippen LogP contribution in [0.25, 0.3) is 11.4 Å². The van der Waals surface area contributed by atoms with E-state index in [2.05, 4.69) is 41.2 Å². The van der Waals surface area contributed by atoms with E-state index >= 15 is 0 Å². The highest BCUT2D eigenvalue weighted by atomic mass is 16.5. The summed E-state index contributed by atoms with van der Waals surface area (Å²) in [5.74, 6) is 2.45. The smallest absolute Gasteiger partial charge is 0.311 e. The molecule has 1 aliphatic carbocycles. The van der Waals surface area contributed by atoms with Crippen molar-refractivity contribution in [3.8, 4) is 17.1 Å². The van der Waals surface area contributed by atoms with E-state index in [-0.39, 0.29) is 5.97 Å². The molecule has 1 aromatic carbocycles. The Hall–Kier alpha value is -2.23. The van der Waals surface area contributed by atoms with Crippen LogP contribution in [0.15, 0.2) is 36.7 Å². The summed E-state index contributed by atoms with van der Waals surface area (Å²) in [6.45, 7) is 4.23. The third kappa shape index (κ3) is 6.38. The van der Waals surface area contributed by atoms with Crippen LogP contribution in [0.3, 0.4) is 0 Å². The molecule has 0 N–H and O–H groups in total. The number of ether oxygens (including phenoxy) is 1. The summed E-state index contributed by atoms with van der Waals surface area (Å²) in [7, 11) is 0. The first-order chi connectivity index (χ1) is 14.2. The van der Waals surface area contributed by atoms with Crippen molar-refractivity contribution in [2.75, 3.05) is 0 Å². The fourth-order valence-electron chi connectivity index (χ4n) is 4.28. The monoisotopic (exact) mass is 394 g/mol. The molecule has 4 nitrogen and oxygen atoms in total. The standard InChI is InChI=1S/C25H34N2O2/c1-3-5-6-8-19-9-11-20(12-10-19)21-13-15-22(16-14-21)25-26-17-23(18-27-25)29-24(28)7-4-2/h13-20H,3-12H2,1-2H3/t19-,20-. The van der Waals surface area contributed by atoms with Gasteiger partial charge in [0.25, 0.3) is 0 Å². The third-order valence-electron chi connectivity index (χ3n) is 6.02. The summed E-state index contributed by atoms with van der Waals surface area (Å²) >= 11 is 0. The molecule has 3 rings (SSSR count). The maximum atomic E-state index is 11.6. The molecule has 2 aromatic rings. The fourth-order valence-corrected chi connectivity index (χ4v) is 4.28. The van der Waals surface area contributed by atoms with Gasteiger partial charge in [-0.05, 0) is 49.5 Å².